The van der Waals surface area contributed by atoms with Gasteiger partial charge >= 0.3 is 0 Å². The quantitative estimate of drug-likeness (QED) is 0.115. The molecule has 0 aromatic rings. The van der Waals surface area contributed by atoms with Crippen LogP contribution in [0.15, 0.2) is 46.6 Å². The zero-order valence-electron chi connectivity index (χ0n) is 21.9. The maximum atomic E-state index is 6.11. The Labute approximate surface area is 194 Å². The number of allylic oxidation sites excluding steroid dienone is 6. The molecule has 0 amide bonds. The summed E-state index contributed by atoms with van der Waals surface area (Å²) in [6.45, 7) is 16.6. The van der Waals surface area contributed by atoms with Crippen molar-refractivity contribution in [2.75, 3.05) is 13.2 Å². The standard InChI is InChI=1S/C29H52O2/c1-8-9-10-11-12-13-20-29(30-23-21-27(6)18-14-16-25(2)3)31-24-22-28(7)19-15-17-26(4)5/h16-17,21-22,29H,8-15,18-20,23-24H2,1-7H3/b27-21+,28-22+. The molecule has 0 bridgehead atoms. The monoisotopic (exact) mass is 432 g/mol. The predicted octanol–water partition coefficient (Wildman–Crippen LogP) is 9.48. The third kappa shape index (κ3) is 21.9. The minimum Gasteiger partial charge on any atom is -0.349 e. The molecule has 0 fully saturated rings. The Balaban J connectivity index is 4.46. The molecule has 0 spiro atoms. The van der Waals surface area contributed by atoms with Gasteiger partial charge in [-0.05, 0) is 80.1 Å². The average molecular weight is 433 g/mol. The van der Waals surface area contributed by atoms with Gasteiger partial charge in [0.2, 0.25) is 0 Å². The summed E-state index contributed by atoms with van der Waals surface area (Å²) in [6.07, 6.45) is 22.1. The Morgan fingerprint density at radius 1 is 0.613 bits per heavy atom. The number of unbranched alkanes of at least 4 members (excludes halogenated alkanes) is 5. The fourth-order valence-electron chi connectivity index (χ4n) is 3.28. The van der Waals surface area contributed by atoms with Crippen molar-refractivity contribution in [3.8, 4) is 0 Å². The van der Waals surface area contributed by atoms with Crippen molar-refractivity contribution < 1.29 is 9.47 Å². The van der Waals surface area contributed by atoms with E-state index in [0.717, 1.165) is 32.1 Å². The smallest absolute Gasteiger partial charge is 0.158 e. The lowest BCUT2D eigenvalue weighted by molar-refractivity contribution is -0.131. The van der Waals surface area contributed by atoms with Crippen molar-refractivity contribution in [2.45, 2.75) is 125 Å². The number of hydrogen-bond donors (Lipinski definition) is 0. The topological polar surface area (TPSA) is 18.5 Å². The molecule has 0 radical (unpaired) electrons. The molecule has 2 heteroatoms. The molecule has 0 N–H and O–H groups in total. The van der Waals surface area contributed by atoms with Crippen LogP contribution in [0.3, 0.4) is 0 Å². The minimum absolute atomic E-state index is 0.102. The van der Waals surface area contributed by atoms with E-state index in [2.05, 4.69) is 72.8 Å². The number of hydrogen-bond acceptors (Lipinski definition) is 2. The van der Waals surface area contributed by atoms with Crippen LogP contribution in [-0.4, -0.2) is 19.5 Å². The normalized spacial score (nSPS) is 12.4. The number of rotatable bonds is 19. The second-order valence-electron chi connectivity index (χ2n) is 9.39. The molecule has 0 heterocycles. The molecule has 2 nitrogen and oxygen atoms in total. The molecule has 0 aliphatic heterocycles. The van der Waals surface area contributed by atoms with Crippen LogP contribution in [0.2, 0.25) is 0 Å². The molecule has 180 valence electrons. The highest BCUT2D eigenvalue weighted by molar-refractivity contribution is 5.03. The fraction of sp³-hybridized carbons (Fsp3) is 0.724. The van der Waals surface area contributed by atoms with Gasteiger partial charge < -0.3 is 9.47 Å². The first kappa shape index (κ1) is 29.9. The van der Waals surface area contributed by atoms with Crippen LogP contribution in [0.1, 0.15) is 119 Å². The molecule has 0 rings (SSSR count). The molecule has 0 aliphatic rings. The molecule has 31 heavy (non-hydrogen) atoms. The van der Waals surface area contributed by atoms with Crippen molar-refractivity contribution >= 4 is 0 Å². The highest BCUT2D eigenvalue weighted by Gasteiger charge is 2.08. The first-order chi connectivity index (χ1) is 14.8. The summed E-state index contributed by atoms with van der Waals surface area (Å²) in [7, 11) is 0. The molecule has 0 saturated carbocycles. The molecular formula is C29H52O2. The summed E-state index contributed by atoms with van der Waals surface area (Å²) in [5, 5.41) is 0. The summed E-state index contributed by atoms with van der Waals surface area (Å²) in [4.78, 5) is 0. The van der Waals surface area contributed by atoms with Crippen molar-refractivity contribution in [1.29, 1.82) is 0 Å². The SMILES string of the molecule is CCCCCCCCC(OC/C=C(\C)CCC=C(C)C)OC/C=C(\C)CCC=C(C)C. The Kier molecular flexibility index (Phi) is 20.0. The second-order valence-corrected chi connectivity index (χ2v) is 9.39. The van der Waals surface area contributed by atoms with Crippen molar-refractivity contribution in [3.63, 3.8) is 0 Å². The van der Waals surface area contributed by atoms with Gasteiger partial charge in [-0.15, -0.1) is 0 Å². The van der Waals surface area contributed by atoms with E-state index in [1.54, 1.807) is 0 Å². The second kappa shape index (κ2) is 20.8. The van der Waals surface area contributed by atoms with Gasteiger partial charge in [0.15, 0.2) is 6.29 Å². The van der Waals surface area contributed by atoms with Crippen molar-refractivity contribution in [1.82, 2.24) is 0 Å². The van der Waals surface area contributed by atoms with E-state index in [0.29, 0.717) is 13.2 Å². The average Bonchev–Trinajstić information content (AvgIpc) is 2.69. The minimum atomic E-state index is -0.102. The Morgan fingerprint density at radius 2 is 1.06 bits per heavy atom. The molecule has 0 aromatic heterocycles. The van der Waals surface area contributed by atoms with E-state index in [-0.39, 0.29) is 6.29 Å². The maximum Gasteiger partial charge on any atom is 0.158 e. The van der Waals surface area contributed by atoms with Crippen molar-refractivity contribution in [3.05, 3.63) is 46.6 Å². The van der Waals surface area contributed by atoms with E-state index in [9.17, 15) is 0 Å². The summed E-state index contributed by atoms with van der Waals surface area (Å²) in [5.41, 5.74) is 5.57. The van der Waals surface area contributed by atoms with Crippen molar-refractivity contribution in [2.24, 2.45) is 0 Å². The van der Waals surface area contributed by atoms with Crippen LogP contribution in [0.25, 0.3) is 0 Å². The summed E-state index contributed by atoms with van der Waals surface area (Å²) in [5.74, 6) is 0. The molecule has 0 aliphatic carbocycles. The third-order valence-electron chi connectivity index (χ3n) is 5.40. The molecule has 0 aromatic carbocycles. The summed E-state index contributed by atoms with van der Waals surface area (Å²) >= 11 is 0. The first-order valence-electron chi connectivity index (χ1n) is 12.7. The first-order valence-corrected chi connectivity index (χ1v) is 12.7. The lowest BCUT2D eigenvalue weighted by Gasteiger charge is -2.17. The highest BCUT2D eigenvalue weighted by atomic mass is 16.7. The van der Waals surface area contributed by atoms with Gasteiger partial charge in [0.1, 0.15) is 0 Å². The van der Waals surface area contributed by atoms with Gasteiger partial charge in [-0.3, -0.25) is 0 Å². The van der Waals surface area contributed by atoms with Crippen LogP contribution < -0.4 is 0 Å². The van der Waals surface area contributed by atoms with Gasteiger partial charge in [-0.1, -0.05) is 85.6 Å². The van der Waals surface area contributed by atoms with Gasteiger partial charge in [-0.2, -0.15) is 0 Å². The maximum absolute atomic E-state index is 6.11. The predicted molar refractivity (Wildman–Crippen MR) is 139 cm³/mol. The Morgan fingerprint density at radius 3 is 1.52 bits per heavy atom. The molecule has 0 unspecified atom stereocenters. The van der Waals surface area contributed by atoms with E-state index in [1.807, 2.05) is 0 Å². The largest absolute Gasteiger partial charge is 0.349 e. The lowest BCUT2D eigenvalue weighted by atomic mass is 10.1. The van der Waals surface area contributed by atoms with Gasteiger partial charge in [0.05, 0.1) is 13.2 Å². The fourth-order valence-corrected chi connectivity index (χ4v) is 3.28. The van der Waals surface area contributed by atoms with Crippen LogP contribution in [0, 0.1) is 0 Å². The zero-order valence-corrected chi connectivity index (χ0v) is 21.9. The van der Waals surface area contributed by atoms with E-state index in [4.69, 9.17) is 9.47 Å². The van der Waals surface area contributed by atoms with E-state index < -0.39 is 0 Å². The third-order valence-corrected chi connectivity index (χ3v) is 5.40. The van der Waals surface area contributed by atoms with Gasteiger partial charge in [-0.25, -0.2) is 0 Å². The van der Waals surface area contributed by atoms with Crippen LogP contribution in [-0.2, 0) is 9.47 Å². The Bertz CT molecular complexity index is 501. The van der Waals surface area contributed by atoms with E-state index >= 15 is 0 Å². The zero-order chi connectivity index (χ0) is 23.3. The van der Waals surface area contributed by atoms with Gasteiger partial charge in [0.25, 0.3) is 0 Å². The van der Waals surface area contributed by atoms with Crippen LogP contribution in [0.5, 0.6) is 0 Å². The van der Waals surface area contributed by atoms with Crippen LogP contribution >= 0.6 is 0 Å². The molecule has 0 saturated heterocycles. The van der Waals surface area contributed by atoms with Crippen LogP contribution in [0.4, 0.5) is 0 Å². The lowest BCUT2D eigenvalue weighted by Crippen LogP contribution is -2.18. The highest BCUT2D eigenvalue weighted by Crippen LogP contribution is 2.14. The van der Waals surface area contributed by atoms with Gasteiger partial charge in [0, 0.05) is 0 Å². The summed E-state index contributed by atoms with van der Waals surface area (Å²) in [6, 6.07) is 0. The van der Waals surface area contributed by atoms with E-state index in [1.165, 1.54) is 60.8 Å². The molecule has 0 atom stereocenters. The number of ether oxygens (including phenoxy) is 2. The summed E-state index contributed by atoms with van der Waals surface area (Å²) < 4.78 is 12.2. The molecular weight excluding hydrogens is 380 g/mol. The Hall–Kier alpha value is -1.12.